The molecule has 0 saturated heterocycles. The van der Waals surface area contributed by atoms with Crippen LogP contribution in [-0.4, -0.2) is 33.0 Å². The van der Waals surface area contributed by atoms with Crippen molar-refractivity contribution in [3.8, 4) is 0 Å². The lowest BCUT2D eigenvalue weighted by molar-refractivity contribution is 0.594. The highest BCUT2D eigenvalue weighted by molar-refractivity contribution is 7.91. The summed E-state index contributed by atoms with van der Waals surface area (Å²) in [6.45, 7) is 7.00. The zero-order chi connectivity index (χ0) is 10.3. The summed E-state index contributed by atoms with van der Waals surface area (Å²) >= 11 is 0. The lowest BCUT2D eigenvalue weighted by Crippen LogP contribution is -2.24. The second kappa shape index (κ2) is 6.16. The summed E-state index contributed by atoms with van der Waals surface area (Å²) in [5.41, 5.74) is 1.24. The Morgan fingerprint density at radius 3 is 2.46 bits per heavy atom. The van der Waals surface area contributed by atoms with Crippen LogP contribution >= 0.6 is 0 Å². The van der Waals surface area contributed by atoms with Gasteiger partial charge in [-0.1, -0.05) is 18.6 Å². The monoisotopic (exact) mass is 205 g/mol. The third kappa shape index (κ3) is 7.99. The molecule has 3 nitrogen and oxygen atoms in total. The Morgan fingerprint density at radius 1 is 1.38 bits per heavy atom. The van der Waals surface area contributed by atoms with Gasteiger partial charge >= 0.3 is 0 Å². The summed E-state index contributed by atoms with van der Waals surface area (Å²) in [5, 5.41) is 3.05. The Bertz CT molecular complexity index is 251. The molecular weight excluding hydrogens is 186 g/mol. The van der Waals surface area contributed by atoms with Gasteiger partial charge in [0, 0.05) is 18.8 Å². The number of rotatable bonds is 6. The van der Waals surface area contributed by atoms with Gasteiger partial charge in [-0.3, -0.25) is 0 Å². The van der Waals surface area contributed by atoms with Crippen molar-refractivity contribution in [2.75, 3.05) is 24.6 Å². The van der Waals surface area contributed by atoms with Crippen molar-refractivity contribution in [1.82, 2.24) is 5.32 Å². The Kier molecular flexibility index (Phi) is 5.99. The third-order valence-electron chi connectivity index (χ3n) is 1.68. The van der Waals surface area contributed by atoms with Gasteiger partial charge < -0.3 is 5.32 Å². The molecule has 0 unspecified atom stereocenters. The topological polar surface area (TPSA) is 46.2 Å². The number of sulfone groups is 1. The fraction of sp³-hybridized carbons (Fsp3) is 0.778. The van der Waals surface area contributed by atoms with Gasteiger partial charge in [0.25, 0.3) is 0 Å². The fourth-order valence-electron chi connectivity index (χ4n) is 0.750. The van der Waals surface area contributed by atoms with Crippen LogP contribution in [0.2, 0.25) is 0 Å². The van der Waals surface area contributed by atoms with Gasteiger partial charge in [-0.15, -0.1) is 0 Å². The minimum absolute atomic E-state index is 0.233. The molecule has 0 rings (SSSR count). The van der Waals surface area contributed by atoms with Crippen LogP contribution in [0.25, 0.3) is 0 Å². The summed E-state index contributed by atoms with van der Waals surface area (Å²) in [6.07, 6.45) is 2.04. The van der Waals surface area contributed by atoms with Crippen molar-refractivity contribution >= 4 is 9.84 Å². The second-order valence-corrected chi connectivity index (χ2v) is 5.69. The van der Waals surface area contributed by atoms with Crippen LogP contribution in [0.15, 0.2) is 11.6 Å². The van der Waals surface area contributed by atoms with Gasteiger partial charge in [0.05, 0.1) is 5.75 Å². The standard InChI is InChI=1S/C9H19NO2S/c1-4-13(11,12)8-7-10-6-5-9(2)3/h5,10H,4,6-8H2,1-3H3. The van der Waals surface area contributed by atoms with Crippen molar-refractivity contribution < 1.29 is 8.42 Å². The maximum absolute atomic E-state index is 11.0. The first-order valence-corrected chi connectivity index (χ1v) is 6.34. The van der Waals surface area contributed by atoms with E-state index in [9.17, 15) is 8.42 Å². The van der Waals surface area contributed by atoms with E-state index in [1.54, 1.807) is 6.92 Å². The first kappa shape index (κ1) is 12.7. The van der Waals surface area contributed by atoms with E-state index >= 15 is 0 Å². The Morgan fingerprint density at radius 2 is 2.00 bits per heavy atom. The number of nitrogens with one attached hydrogen (secondary N) is 1. The average molecular weight is 205 g/mol. The maximum atomic E-state index is 11.0. The number of allylic oxidation sites excluding steroid dienone is 1. The maximum Gasteiger partial charge on any atom is 0.151 e. The van der Waals surface area contributed by atoms with E-state index in [0.29, 0.717) is 6.54 Å². The molecule has 0 heterocycles. The molecule has 0 atom stereocenters. The molecule has 13 heavy (non-hydrogen) atoms. The summed E-state index contributed by atoms with van der Waals surface area (Å²) < 4.78 is 22.1. The first-order chi connectivity index (χ1) is 5.98. The molecule has 4 heteroatoms. The molecule has 0 spiro atoms. The molecular formula is C9H19NO2S. The molecule has 0 radical (unpaired) electrons. The highest BCUT2D eigenvalue weighted by Gasteiger charge is 2.04. The largest absolute Gasteiger partial charge is 0.312 e. The van der Waals surface area contributed by atoms with Crippen molar-refractivity contribution in [2.24, 2.45) is 0 Å². The molecule has 0 saturated carbocycles. The van der Waals surface area contributed by atoms with Gasteiger partial charge in [-0.2, -0.15) is 0 Å². The van der Waals surface area contributed by atoms with Gasteiger partial charge in [0.2, 0.25) is 0 Å². The van der Waals surface area contributed by atoms with Crippen LogP contribution in [0.4, 0.5) is 0 Å². The van der Waals surface area contributed by atoms with Crippen molar-refractivity contribution in [3.05, 3.63) is 11.6 Å². The van der Waals surface area contributed by atoms with Crippen LogP contribution in [0.3, 0.4) is 0 Å². The molecule has 1 N–H and O–H groups in total. The highest BCUT2D eigenvalue weighted by atomic mass is 32.2. The van der Waals surface area contributed by atoms with Crippen molar-refractivity contribution in [3.63, 3.8) is 0 Å². The SMILES string of the molecule is CCS(=O)(=O)CCNCC=C(C)C. The van der Waals surface area contributed by atoms with Gasteiger partial charge in [0.15, 0.2) is 9.84 Å². The smallest absolute Gasteiger partial charge is 0.151 e. The Balaban J connectivity index is 3.53. The van der Waals surface area contributed by atoms with Crippen LogP contribution < -0.4 is 5.32 Å². The summed E-state index contributed by atoms with van der Waals surface area (Å²) in [5.74, 6) is 0.470. The van der Waals surface area contributed by atoms with E-state index in [0.717, 1.165) is 6.54 Å². The Labute approximate surface area is 81.1 Å². The van der Waals surface area contributed by atoms with Crippen LogP contribution in [0, 0.1) is 0 Å². The molecule has 0 aliphatic rings. The Hall–Kier alpha value is -0.350. The minimum atomic E-state index is -2.80. The van der Waals surface area contributed by atoms with Gasteiger partial charge in [0.1, 0.15) is 0 Å². The van der Waals surface area contributed by atoms with E-state index in [2.05, 4.69) is 5.32 Å². The van der Waals surface area contributed by atoms with E-state index in [1.807, 2.05) is 19.9 Å². The molecule has 0 amide bonds. The molecule has 0 bridgehead atoms. The number of hydrogen-bond acceptors (Lipinski definition) is 3. The first-order valence-electron chi connectivity index (χ1n) is 4.52. The van der Waals surface area contributed by atoms with E-state index in [4.69, 9.17) is 0 Å². The lowest BCUT2D eigenvalue weighted by atomic mass is 10.3. The highest BCUT2D eigenvalue weighted by Crippen LogP contribution is 1.88. The third-order valence-corrected chi connectivity index (χ3v) is 3.39. The quantitative estimate of drug-likeness (QED) is 0.519. The predicted molar refractivity (Wildman–Crippen MR) is 56.6 cm³/mol. The normalized spacial score (nSPS) is 11.3. The van der Waals surface area contributed by atoms with Gasteiger partial charge in [-0.25, -0.2) is 8.42 Å². The molecule has 0 aliphatic heterocycles. The van der Waals surface area contributed by atoms with Crippen molar-refractivity contribution in [2.45, 2.75) is 20.8 Å². The second-order valence-electron chi connectivity index (χ2n) is 3.22. The molecule has 78 valence electrons. The van der Waals surface area contributed by atoms with Gasteiger partial charge in [-0.05, 0) is 13.8 Å². The molecule has 0 aromatic heterocycles. The van der Waals surface area contributed by atoms with E-state index < -0.39 is 9.84 Å². The zero-order valence-electron chi connectivity index (χ0n) is 8.63. The van der Waals surface area contributed by atoms with Crippen molar-refractivity contribution in [1.29, 1.82) is 0 Å². The fourth-order valence-corrected chi connectivity index (χ4v) is 1.49. The average Bonchev–Trinajstić information content (AvgIpc) is 2.03. The lowest BCUT2D eigenvalue weighted by Gasteiger charge is -2.01. The molecule has 0 fully saturated rings. The predicted octanol–water partition coefficient (Wildman–Crippen LogP) is 0.977. The van der Waals surface area contributed by atoms with E-state index in [1.165, 1.54) is 5.57 Å². The summed E-state index contributed by atoms with van der Waals surface area (Å²) in [6, 6.07) is 0. The van der Waals surface area contributed by atoms with Crippen LogP contribution in [-0.2, 0) is 9.84 Å². The zero-order valence-corrected chi connectivity index (χ0v) is 9.45. The molecule has 0 aliphatic carbocycles. The number of hydrogen-bond donors (Lipinski definition) is 1. The molecule has 0 aromatic carbocycles. The van der Waals surface area contributed by atoms with E-state index in [-0.39, 0.29) is 11.5 Å². The molecule has 0 aromatic rings. The van der Waals surface area contributed by atoms with Crippen LogP contribution in [0.5, 0.6) is 0 Å². The minimum Gasteiger partial charge on any atom is -0.312 e. The summed E-state index contributed by atoms with van der Waals surface area (Å²) in [4.78, 5) is 0. The van der Waals surface area contributed by atoms with Crippen LogP contribution in [0.1, 0.15) is 20.8 Å². The summed E-state index contributed by atoms with van der Waals surface area (Å²) in [7, 11) is -2.80.